The van der Waals surface area contributed by atoms with Gasteiger partial charge in [0, 0.05) is 36.9 Å². The third kappa shape index (κ3) is 2.79. The van der Waals surface area contributed by atoms with E-state index >= 15 is 0 Å². The number of benzene rings is 1. The largest absolute Gasteiger partial charge is 0.309 e. The molecule has 0 unspecified atom stereocenters. The summed E-state index contributed by atoms with van der Waals surface area (Å²) in [7, 11) is 0. The van der Waals surface area contributed by atoms with Gasteiger partial charge in [0.05, 0.1) is 0 Å². The molecule has 0 radical (unpaired) electrons. The summed E-state index contributed by atoms with van der Waals surface area (Å²) in [6, 6.07) is 10.4. The lowest BCUT2D eigenvalue weighted by Crippen LogP contribution is -2.14. The number of anilines is 2. The molecule has 0 atom stereocenters. The van der Waals surface area contributed by atoms with Crippen molar-refractivity contribution in [3.05, 3.63) is 60.2 Å². The Kier molecular flexibility index (Phi) is 3.70. The van der Waals surface area contributed by atoms with E-state index in [1.165, 1.54) is 12.1 Å². The summed E-state index contributed by atoms with van der Waals surface area (Å²) in [5.74, 6) is 1.38. The van der Waals surface area contributed by atoms with E-state index in [0.717, 1.165) is 41.2 Å². The standard InChI is InChI=1S/C16H14FN5S/c17-13-3-5-14(6-4-13)21-8-9-22-15(21)19-20-16(22)23-11-12-2-1-7-18-10-12/h1-7,10H,8-9,11H2. The zero-order valence-corrected chi connectivity index (χ0v) is 13.1. The highest BCUT2D eigenvalue weighted by Crippen LogP contribution is 2.32. The lowest BCUT2D eigenvalue weighted by atomic mass is 10.3. The van der Waals surface area contributed by atoms with Crippen molar-refractivity contribution < 1.29 is 4.39 Å². The molecule has 1 aromatic carbocycles. The highest BCUT2D eigenvalue weighted by Gasteiger charge is 2.25. The normalized spacial score (nSPS) is 13.3. The number of fused-ring (bicyclic) bond motifs is 1. The van der Waals surface area contributed by atoms with Crippen LogP contribution in [-0.4, -0.2) is 26.3 Å². The first-order valence-corrected chi connectivity index (χ1v) is 8.28. The maximum atomic E-state index is 13.1. The van der Waals surface area contributed by atoms with Crippen molar-refractivity contribution in [2.24, 2.45) is 0 Å². The average molecular weight is 327 g/mol. The van der Waals surface area contributed by atoms with Gasteiger partial charge in [-0.15, -0.1) is 10.2 Å². The molecule has 116 valence electrons. The van der Waals surface area contributed by atoms with Gasteiger partial charge < -0.3 is 4.90 Å². The van der Waals surface area contributed by atoms with Gasteiger partial charge in [-0.25, -0.2) is 4.39 Å². The number of aromatic nitrogens is 4. The summed E-state index contributed by atoms with van der Waals surface area (Å²) >= 11 is 1.65. The molecule has 3 aromatic rings. The fourth-order valence-corrected chi connectivity index (χ4v) is 3.47. The van der Waals surface area contributed by atoms with E-state index in [1.807, 2.05) is 18.3 Å². The lowest BCUT2D eigenvalue weighted by Gasteiger charge is -2.14. The van der Waals surface area contributed by atoms with Crippen LogP contribution in [0.25, 0.3) is 0 Å². The quantitative estimate of drug-likeness (QED) is 0.688. The van der Waals surface area contributed by atoms with Crippen molar-refractivity contribution in [3.63, 3.8) is 0 Å². The Morgan fingerprint density at radius 2 is 1.96 bits per heavy atom. The van der Waals surface area contributed by atoms with Crippen LogP contribution in [0.1, 0.15) is 5.56 Å². The summed E-state index contributed by atoms with van der Waals surface area (Å²) in [6.07, 6.45) is 3.63. The zero-order valence-electron chi connectivity index (χ0n) is 12.3. The van der Waals surface area contributed by atoms with Gasteiger partial charge in [0.15, 0.2) is 5.16 Å². The molecule has 5 nitrogen and oxygen atoms in total. The molecule has 0 amide bonds. The minimum Gasteiger partial charge on any atom is -0.309 e. The van der Waals surface area contributed by atoms with E-state index in [0.29, 0.717) is 0 Å². The number of pyridine rings is 1. The first-order valence-electron chi connectivity index (χ1n) is 7.29. The predicted octanol–water partition coefficient (Wildman–Crippen LogP) is 3.26. The molecule has 0 saturated heterocycles. The van der Waals surface area contributed by atoms with Crippen LogP contribution in [0, 0.1) is 5.82 Å². The van der Waals surface area contributed by atoms with Crippen molar-refractivity contribution >= 4 is 23.4 Å². The molecule has 0 spiro atoms. The molecule has 2 aromatic heterocycles. The SMILES string of the molecule is Fc1ccc(N2CCn3c(SCc4cccnc4)nnc32)cc1. The van der Waals surface area contributed by atoms with Crippen LogP contribution in [0.15, 0.2) is 53.9 Å². The van der Waals surface area contributed by atoms with E-state index in [4.69, 9.17) is 0 Å². The minimum atomic E-state index is -0.234. The summed E-state index contributed by atoms with van der Waals surface area (Å²) in [5, 5.41) is 9.48. The first kappa shape index (κ1) is 14.2. The molecule has 3 heterocycles. The Labute approximate surface area is 137 Å². The molecule has 7 heteroatoms. The fourth-order valence-electron chi connectivity index (χ4n) is 2.58. The Morgan fingerprint density at radius 1 is 1.09 bits per heavy atom. The molecule has 0 fully saturated rings. The number of halogens is 1. The molecule has 23 heavy (non-hydrogen) atoms. The summed E-state index contributed by atoms with van der Waals surface area (Å²) in [5.41, 5.74) is 2.09. The topological polar surface area (TPSA) is 46.8 Å². The second-order valence-electron chi connectivity index (χ2n) is 5.21. The van der Waals surface area contributed by atoms with Crippen molar-refractivity contribution in [1.29, 1.82) is 0 Å². The van der Waals surface area contributed by atoms with Gasteiger partial charge in [0.2, 0.25) is 5.95 Å². The number of rotatable bonds is 4. The van der Waals surface area contributed by atoms with Gasteiger partial charge in [0.25, 0.3) is 0 Å². The third-order valence-electron chi connectivity index (χ3n) is 3.71. The summed E-state index contributed by atoms with van der Waals surface area (Å²) in [4.78, 5) is 6.18. The molecule has 0 bridgehead atoms. The van der Waals surface area contributed by atoms with Gasteiger partial charge >= 0.3 is 0 Å². The number of thioether (sulfide) groups is 1. The molecule has 1 aliphatic rings. The molecule has 4 rings (SSSR count). The second-order valence-corrected chi connectivity index (χ2v) is 6.15. The second kappa shape index (κ2) is 6.00. The molecule has 0 aliphatic carbocycles. The van der Waals surface area contributed by atoms with E-state index in [2.05, 4.69) is 24.6 Å². The maximum absolute atomic E-state index is 13.1. The first-order chi connectivity index (χ1) is 11.3. The fraction of sp³-hybridized carbons (Fsp3) is 0.188. The minimum absolute atomic E-state index is 0.234. The van der Waals surface area contributed by atoms with E-state index in [1.54, 1.807) is 30.1 Å². The van der Waals surface area contributed by atoms with Gasteiger partial charge in [-0.2, -0.15) is 0 Å². The molecule has 0 saturated carbocycles. The highest BCUT2D eigenvalue weighted by molar-refractivity contribution is 7.98. The molecule has 0 N–H and O–H groups in total. The van der Waals surface area contributed by atoms with Crippen LogP contribution in [-0.2, 0) is 12.3 Å². The third-order valence-corrected chi connectivity index (χ3v) is 4.75. The molecule has 1 aliphatic heterocycles. The lowest BCUT2D eigenvalue weighted by molar-refractivity contribution is 0.627. The van der Waals surface area contributed by atoms with Crippen LogP contribution in [0.5, 0.6) is 0 Å². The predicted molar refractivity (Wildman–Crippen MR) is 87.2 cm³/mol. The monoisotopic (exact) mass is 327 g/mol. The zero-order chi connectivity index (χ0) is 15.6. The van der Waals surface area contributed by atoms with E-state index in [9.17, 15) is 4.39 Å². The van der Waals surface area contributed by atoms with Gasteiger partial charge in [-0.05, 0) is 35.9 Å². The van der Waals surface area contributed by atoms with Crippen molar-refractivity contribution in [3.8, 4) is 0 Å². The highest BCUT2D eigenvalue weighted by atomic mass is 32.2. The number of hydrogen-bond donors (Lipinski definition) is 0. The number of hydrogen-bond acceptors (Lipinski definition) is 5. The summed E-state index contributed by atoms with van der Waals surface area (Å²) in [6.45, 7) is 1.64. The van der Waals surface area contributed by atoms with Crippen LogP contribution < -0.4 is 4.90 Å². The van der Waals surface area contributed by atoms with Crippen LogP contribution in [0.4, 0.5) is 16.0 Å². The van der Waals surface area contributed by atoms with Crippen LogP contribution >= 0.6 is 11.8 Å². The Balaban J connectivity index is 1.53. The van der Waals surface area contributed by atoms with E-state index < -0.39 is 0 Å². The van der Waals surface area contributed by atoms with E-state index in [-0.39, 0.29) is 5.82 Å². The molecular weight excluding hydrogens is 313 g/mol. The van der Waals surface area contributed by atoms with Crippen LogP contribution in [0.2, 0.25) is 0 Å². The maximum Gasteiger partial charge on any atom is 0.232 e. The Bertz CT molecular complexity index is 803. The van der Waals surface area contributed by atoms with Crippen LogP contribution in [0.3, 0.4) is 0 Å². The molecular formula is C16H14FN5S. The Morgan fingerprint density at radius 3 is 2.74 bits per heavy atom. The number of nitrogens with zero attached hydrogens (tertiary/aromatic N) is 5. The van der Waals surface area contributed by atoms with Crippen molar-refractivity contribution in [1.82, 2.24) is 19.7 Å². The average Bonchev–Trinajstić information content (AvgIpc) is 3.17. The van der Waals surface area contributed by atoms with Gasteiger partial charge in [-0.1, -0.05) is 17.8 Å². The Hall–Kier alpha value is -2.41. The van der Waals surface area contributed by atoms with Crippen molar-refractivity contribution in [2.75, 3.05) is 11.4 Å². The van der Waals surface area contributed by atoms with Gasteiger partial charge in [-0.3, -0.25) is 9.55 Å². The van der Waals surface area contributed by atoms with Crippen molar-refractivity contribution in [2.45, 2.75) is 17.5 Å². The summed E-state index contributed by atoms with van der Waals surface area (Å²) < 4.78 is 15.2. The van der Waals surface area contributed by atoms with Gasteiger partial charge in [0.1, 0.15) is 5.82 Å². The smallest absolute Gasteiger partial charge is 0.232 e.